The molecule has 0 unspecified atom stereocenters. The Balaban J connectivity index is 1.26. The Bertz CT molecular complexity index is 2140. The van der Waals surface area contributed by atoms with E-state index in [1.807, 2.05) is 24.4 Å². The van der Waals surface area contributed by atoms with Gasteiger partial charge in [-0.2, -0.15) is 0 Å². The van der Waals surface area contributed by atoms with Crippen molar-refractivity contribution in [2.75, 3.05) is 0 Å². The molecule has 3 aromatic heterocycles. The zero-order chi connectivity index (χ0) is 29.3. The van der Waals surface area contributed by atoms with Crippen LogP contribution in [0.3, 0.4) is 0 Å². The Morgan fingerprint density at radius 1 is 0.295 bits per heavy atom. The van der Waals surface area contributed by atoms with E-state index in [2.05, 4.69) is 145 Å². The van der Waals surface area contributed by atoms with Gasteiger partial charge >= 0.3 is 0 Å². The first-order chi connectivity index (χ1) is 21.8. The third kappa shape index (κ3) is 4.91. The summed E-state index contributed by atoms with van der Waals surface area (Å²) in [5.41, 5.74) is 12.4. The van der Waals surface area contributed by atoms with Crippen LogP contribution in [0.25, 0.3) is 77.8 Å². The standard InChI is InChI=1S/C41H27N3/c1-3-8-28(9-4-1)30-13-17-32(18-14-30)38-26-36(37-24-23-35-22-21-34-12-7-25-42-40(34)41(35)44-37)27-39(43-38)33-19-15-31(16-20-33)29-10-5-2-6-11-29/h1-27H. The molecule has 8 rings (SSSR count). The number of rotatable bonds is 5. The van der Waals surface area contributed by atoms with Crippen LogP contribution in [0.5, 0.6) is 0 Å². The largest absolute Gasteiger partial charge is 0.254 e. The van der Waals surface area contributed by atoms with E-state index in [0.29, 0.717) is 0 Å². The Labute approximate surface area is 256 Å². The van der Waals surface area contributed by atoms with Gasteiger partial charge in [0.2, 0.25) is 0 Å². The highest BCUT2D eigenvalue weighted by atomic mass is 14.8. The lowest BCUT2D eigenvalue weighted by Crippen LogP contribution is -1.94. The average Bonchev–Trinajstić information content (AvgIpc) is 3.12. The SMILES string of the molecule is c1ccc(-c2ccc(-c3cc(-c4ccc5ccc6cccnc6c5n4)cc(-c4ccc(-c5ccccc5)cc4)n3)cc2)cc1. The maximum atomic E-state index is 5.18. The molecule has 3 heteroatoms. The van der Waals surface area contributed by atoms with Crippen LogP contribution in [-0.4, -0.2) is 15.0 Å². The molecule has 0 N–H and O–H groups in total. The molecule has 44 heavy (non-hydrogen) atoms. The molecule has 0 aliphatic rings. The lowest BCUT2D eigenvalue weighted by Gasteiger charge is -2.12. The van der Waals surface area contributed by atoms with E-state index in [4.69, 9.17) is 9.97 Å². The maximum Gasteiger partial charge on any atom is 0.0972 e. The van der Waals surface area contributed by atoms with Gasteiger partial charge in [-0.15, -0.1) is 0 Å². The number of fused-ring (bicyclic) bond motifs is 3. The van der Waals surface area contributed by atoms with Crippen LogP contribution in [0.15, 0.2) is 164 Å². The number of hydrogen-bond donors (Lipinski definition) is 0. The minimum absolute atomic E-state index is 0.891. The predicted molar refractivity (Wildman–Crippen MR) is 182 cm³/mol. The fourth-order valence-corrected chi connectivity index (χ4v) is 5.79. The lowest BCUT2D eigenvalue weighted by atomic mass is 9.98. The van der Waals surface area contributed by atoms with E-state index < -0.39 is 0 Å². The molecule has 0 saturated heterocycles. The predicted octanol–water partition coefficient (Wildman–Crippen LogP) is 10.5. The highest BCUT2D eigenvalue weighted by Gasteiger charge is 2.12. The molecule has 3 heterocycles. The van der Waals surface area contributed by atoms with Gasteiger partial charge in [0.15, 0.2) is 0 Å². The summed E-state index contributed by atoms with van der Waals surface area (Å²) in [5, 5.41) is 2.15. The summed E-state index contributed by atoms with van der Waals surface area (Å²) in [6.07, 6.45) is 1.83. The highest BCUT2D eigenvalue weighted by Crippen LogP contribution is 2.33. The minimum atomic E-state index is 0.891. The molecule has 0 aliphatic carbocycles. The monoisotopic (exact) mass is 561 g/mol. The first-order valence-electron chi connectivity index (χ1n) is 14.8. The van der Waals surface area contributed by atoms with Crippen LogP contribution in [-0.2, 0) is 0 Å². The summed E-state index contributed by atoms with van der Waals surface area (Å²) in [7, 11) is 0. The zero-order valence-electron chi connectivity index (χ0n) is 23.9. The fourth-order valence-electron chi connectivity index (χ4n) is 5.79. The number of benzene rings is 5. The van der Waals surface area contributed by atoms with E-state index >= 15 is 0 Å². The maximum absolute atomic E-state index is 5.18. The van der Waals surface area contributed by atoms with Crippen molar-refractivity contribution in [3.63, 3.8) is 0 Å². The van der Waals surface area contributed by atoms with Gasteiger partial charge in [-0.05, 0) is 46.5 Å². The summed E-state index contributed by atoms with van der Waals surface area (Å²) in [6.45, 7) is 0. The Morgan fingerprint density at radius 3 is 1.34 bits per heavy atom. The smallest absolute Gasteiger partial charge is 0.0972 e. The zero-order valence-corrected chi connectivity index (χ0v) is 23.9. The van der Waals surface area contributed by atoms with Crippen molar-refractivity contribution in [1.82, 2.24) is 15.0 Å². The molecule has 3 nitrogen and oxygen atoms in total. The molecular weight excluding hydrogens is 534 g/mol. The van der Waals surface area contributed by atoms with Gasteiger partial charge in [-0.1, -0.05) is 133 Å². The van der Waals surface area contributed by atoms with Crippen LogP contribution >= 0.6 is 0 Å². The third-order valence-corrected chi connectivity index (χ3v) is 8.13. The van der Waals surface area contributed by atoms with Crippen molar-refractivity contribution in [2.24, 2.45) is 0 Å². The van der Waals surface area contributed by atoms with Gasteiger partial charge < -0.3 is 0 Å². The fraction of sp³-hybridized carbons (Fsp3) is 0. The molecule has 0 spiro atoms. The van der Waals surface area contributed by atoms with Gasteiger partial charge in [0.05, 0.1) is 28.1 Å². The van der Waals surface area contributed by atoms with Crippen molar-refractivity contribution in [3.05, 3.63) is 164 Å². The van der Waals surface area contributed by atoms with Crippen LogP contribution in [0.2, 0.25) is 0 Å². The number of aromatic nitrogens is 3. The summed E-state index contributed by atoms with van der Waals surface area (Å²) in [4.78, 5) is 15.0. The summed E-state index contributed by atoms with van der Waals surface area (Å²) in [6, 6.07) is 55.0. The topological polar surface area (TPSA) is 38.7 Å². The number of hydrogen-bond acceptors (Lipinski definition) is 3. The number of pyridine rings is 3. The third-order valence-electron chi connectivity index (χ3n) is 8.13. The molecule has 206 valence electrons. The van der Waals surface area contributed by atoms with E-state index in [0.717, 1.165) is 55.6 Å². The van der Waals surface area contributed by atoms with Crippen LogP contribution in [0.4, 0.5) is 0 Å². The lowest BCUT2D eigenvalue weighted by molar-refractivity contribution is 1.30. The van der Waals surface area contributed by atoms with Crippen molar-refractivity contribution < 1.29 is 0 Å². The number of nitrogens with zero attached hydrogens (tertiary/aromatic N) is 3. The molecule has 0 fully saturated rings. The molecule has 8 aromatic rings. The first kappa shape index (κ1) is 25.8. The second kappa shape index (κ2) is 11.0. The van der Waals surface area contributed by atoms with Crippen molar-refractivity contribution in [3.8, 4) is 56.0 Å². The first-order valence-corrected chi connectivity index (χ1v) is 14.8. The van der Waals surface area contributed by atoms with Crippen molar-refractivity contribution in [1.29, 1.82) is 0 Å². The molecule has 5 aromatic carbocycles. The molecule has 0 radical (unpaired) electrons. The Morgan fingerprint density at radius 2 is 0.773 bits per heavy atom. The van der Waals surface area contributed by atoms with Crippen molar-refractivity contribution >= 4 is 21.8 Å². The summed E-state index contributed by atoms with van der Waals surface area (Å²) in [5.74, 6) is 0. The molecule has 0 atom stereocenters. The summed E-state index contributed by atoms with van der Waals surface area (Å²) >= 11 is 0. The average molecular weight is 562 g/mol. The van der Waals surface area contributed by atoms with Gasteiger partial charge in [-0.25, -0.2) is 9.97 Å². The van der Waals surface area contributed by atoms with Crippen molar-refractivity contribution in [2.45, 2.75) is 0 Å². The van der Waals surface area contributed by atoms with E-state index in [1.165, 1.54) is 22.3 Å². The molecular formula is C41H27N3. The minimum Gasteiger partial charge on any atom is -0.254 e. The second-order valence-electron chi connectivity index (χ2n) is 10.9. The van der Waals surface area contributed by atoms with Gasteiger partial charge in [0, 0.05) is 33.7 Å². The van der Waals surface area contributed by atoms with Crippen LogP contribution < -0.4 is 0 Å². The quantitative estimate of drug-likeness (QED) is 0.196. The van der Waals surface area contributed by atoms with Crippen LogP contribution in [0, 0.1) is 0 Å². The van der Waals surface area contributed by atoms with E-state index in [-0.39, 0.29) is 0 Å². The molecule has 0 bridgehead atoms. The van der Waals surface area contributed by atoms with Crippen LogP contribution in [0.1, 0.15) is 0 Å². The van der Waals surface area contributed by atoms with Gasteiger partial charge in [0.1, 0.15) is 0 Å². The molecule has 0 saturated carbocycles. The van der Waals surface area contributed by atoms with E-state index in [1.54, 1.807) is 0 Å². The molecule has 0 amide bonds. The molecule has 0 aliphatic heterocycles. The Kier molecular flexibility index (Phi) is 6.47. The second-order valence-corrected chi connectivity index (χ2v) is 10.9. The normalized spacial score (nSPS) is 11.2. The Hall–Kier alpha value is -5.93. The van der Waals surface area contributed by atoms with Gasteiger partial charge in [0.25, 0.3) is 0 Å². The highest BCUT2D eigenvalue weighted by molar-refractivity contribution is 6.03. The van der Waals surface area contributed by atoms with E-state index in [9.17, 15) is 0 Å². The summed E-state index contributed by atoms with van der Waals surface area (Å²) < 4.78 is 0. The van der Waals surface area contributed by atoms with Gasteiger partial charge in [-0.3, -0.25) is 4.98 Å².